The molecule has 0 unspecified atom stereocenters. The molecule has 156 valence electrons. The first-order chi connectivity index (χ1) is 14.7. The van der Waals surface area contributed by atoms with Gasteiger partial charge in [0.1, 0.15) is 13.2 Å². The van der Waals surface area contributed by atoms with E-state index in [1.54, 1.807) is 0 Å². The molecule has 5 rings (SSSR count). The SMILES string of the molecule is C[C@@H](C(=O)c1c[nH]c2ccccc12)N1CCN(Cc2ccc3c(c2)OCCO3)CC1. The second-order valence-corrected chi connectivity index (χ2v) is 8.08. The van der Waals surface area contributed by atoms with E-state index in [1.165, 1.54) is 5.56 Å². The molecular formula is C24H27N3O3. The average Bonchev–Trinajstić information content (AvgIpc) is 3.23. The second kappa shape index (κ2) is 8.13. The van der Waals surface area contributed by atoms with Crippen LogP contribution in [-0.4, -0.2) is 66.0 Å². The van der Waals surface area contributed by atoms with Crippen LogP contribution in [0.5, 0.6) is 11.5 Å². The van der Waals surface area contributed by atoms with E-state index in [4.69, 9.17) is 9.47 Å². The van der Waals surface area contributed by atoms with Crippen molar-refractivity contribution in [2.45, 2.75) is 19.5 Å². The van der Waals surface area contributed by atoms with Crippen LogP contribution in [0, 0.1) is 0 Å². The zero-order chi connectivity index (χ0) is 20.5. The van der Waals surface area contributed by atoms with E-state index in [0.29, 0.717) is 13.2 Å². The van der Waals surface area contributed by atoms with E-state index in [0.717, 1.165) is 60.7 Å². The lowest BCUT2D eigenvalue weighted by molar-refractivity contribution is 0.0688. The van der Waals surface area contributed by atoms with E-state index in [-0.39, 0.29) is 11.8 Å². The van der Waals surface area contributed by atoms with Crippen LogP contribution in [0.1, 0.15) is 22.8 Å². The monoisotopic (exact) mass is 405 g/mol. The molecule has 0 amide bonds. The maximum absolute atomic E-state index is 13.1. The minimum absolute atomic E-state index is 0.124. The van der Waals surface area contributed by atoms with Gasteiger partial charge in [0, 0.05) is 55.4 Å². The van der Waals surface area contributed by atoms with Crippen molar-refractivity contribution in [2.75, 3.05) is 39.4 Å². The van der Waals surface area contributed by atoms with Gasteiger partial charge in [-0.15, -0.1) is 0 Å². The Kier molecular flexibility index (Phi) is 5.19. The van der Waals surface area contributed by atoms with Gasteiger partial charge in [-0.25, -0.2) is 0 Å². The van der Waals surface area contributed by atoms with Gasteiger partial charge in [-0.3, -0.25) is 14.6 Å². The summed E-state index contributed by atoms with van der Waals surface area (Å²) in [7, 11) is 0. The van der Waals surface area contributed by atoms with Crippen molar-refractivity contribution in [1.82, 2.24) is 14.8 Å². The number of para-hydroxylation sites is 1. The standard InChI is InChI=1S/C24H27N3O3/c1-17(24(28)20-15-25-21-5-3-2-4-19(20)21)27-10-8-26(9-11-27)16-18-6-7-22-23(14-18)30-13-12-29-22/h2-7,14-15,17,25H,8-13,16H2,1H3/t17-/m0/s1. The lowest BCUT2D eigenvalue weighted by Gasteiger charge is -2.37. The molecule has 0 bridgehead atoms. The Morgan fingerprint density at radius 2 is 1.80 bits per heavy atom. The molecule has 2 aliphatic heterocycles. The number of rotatable bonds is 5. The Labute approximate surface area is 176 Å². The molecule has 30 heavy (non-hydrogen) atoms. The smallest absolute Gasteiger partial charge is 0.181 e. The molecule has 6 nitrogen and oxygen atoms in total. The summed E-state index contributed by atoms with van der Waals surface area (Å²) in [5.74, 6) is 1.86. The molecule has 1 aromatic heterocycles. The van der Waals surface area contributed by atoms with Crippen molar-refractivity contribution < 1.29 is 14.3 Å². The van der Waals surface area contributed by atoms with Gasteiger partial charge in [0.05, 0.1) is 6.04 Å². The normalized spacial score (nSPS) is 18.4. The number of aromatic amines is 1. The summed E-state index contributed by atoms with van der Waals surface area (Å²) in [6.45, 7) is 7.80. The number of nitrogens with zero attached hydrogens (tertiary/aromatic N) is 2. The zero-order valence-electron chi connectivity index (χ0n) is 17.3. The van der Waals surface area contributed by atoms with Crippen molar-refractivity contribution in [3.63, 3.8) is 0 Å². The van der Waals surface area contributed by atoms with Crippen molar-refractivity contribution in [3.05, 3.63) is 59.8 Å². The van der Waals surface area contributed by atoms with Crippen molar-refractivity contribution in [2.24, 2.45) is 0 Å². The molecule has 0 saturated carbocycles. The van der Waals surface area contributed by atoms with Crippen LogP contribution in [0.3, 0.4) is 0 Å². The number of ether oxygens (including phenoxy) is 2. The first-order valence-corrected chi connectivity index (χ1v) is 10.6. The Hall–Kier alpha value is -2.83. The highest BCUT2D eigenvalue weighted by Gasteiger charge is 2.27. The highest BCUT2D eigenvalue weighted by atomic mass is 16.6. The molecule has 1 saturated heterocycles. The van der Waals surface area contributed by atoms with Gasteiger partial charge in [-0.05, 0) is 30.7 Å². The third-order valence-corrected chi connectivity index (χ3v) is 6.20. The predicted octanol–water partition coefficient (Wildman–Crippen LogP) is 3.33. The lowest BCUT2D eigenvalue weighted by Crippen LogP contribution is -2.51. The Balaban J connectivity index is 1.20. The van der Waals surface area contributed by atoms with Crippen LogP contribution in [0.15, 0.2) is 48.7 Å². The highest BCUT2D eigenvalue weighted by Crippen LogP contribution is 2.31. The van der Waals surface area contributed by atoms with Gasteiger partial charge in [-0.1, -0.05) is 24.3 Å². The van der Waals surface area contributed by atoms with Gasteiger partial charge in [-0.2, -0.15) is 0 Å². The van der Waals surface area contributed by atoms with E-state index in [9.17, 15) is 4.79 Å². The zero-order valence-corrected chi connectivity index (χ0v) is 17.3. The quantitative estimate of drug-likeness (QED) is 0.660. The fraction of sp³-hybridized carbons (Fsp3) is 0.375. The number of ketones is 1. The van der Waals surface area contributed by atoms with Gasteiger partial charge >= 0.3 is 0 Å². The van der Waals surface area contributed by atoms with Crippen LogP contribution in [0.4, 0.5) is 0 Å². The van der Waals surface area contributed by atoms with Crippen molar-refractivity contribution >= 4 is 16.7 Å². The number of benzene rings is 2. The highest BCUT2D eigenvalue weighted by molar-refractivity contribution is 6.10. The molecule has 0 radical (unpaired) electrons. The van der Waals surface area contributed by atoms with Crippen LogP contribution >= 0.6 is 0 Å². The number of fused-ring (bicyclic) bond motifs is 2. The third-order valence-electron chi connectivity index (χ3n) is 6.20. The summed E-state index contributed by atoms with van der Waals surface area (Å²) in [4.78, 5) is 21.1. The molecule has 0 spiro atoms. The van der Waals surface area contributed by atoms with E-state index in [2.05, 4.69) is 26.9 Å². The topological polar surface area (TPSA) is 57.8 Å². The first kappa shape index (κ1) is 19.2. The van der Waals surface area contributed by atoms with Crippen LogP contribution in [-0.2, 0) is 6.54 Å². The van der Waals surface area contributed by atoms with Gasteiger partial charge in [0.15, 0.2) is 17.3 Å². The number of Topliss-reactive ketones (excluding diaryl/α,β-unsaturated/α-hetero) is 1. The molecule has 1 N–H and O–H groups in total. The number of carbonyl (C=O) groups excluding carboxylic acids is 1. The minimum Gasteiger partial charge on any atom is -0.486 e. The Morgan fingerprint density at radius 3 is 2.63 bits per heavy atom. The van der Waals surface area contributed by atoms with Gasteiger partial charge in [0.25, 0.3) is 0 Å². The van der Waals surface area contributed by atoms with Crippen molar-refractivity contribution in [3.8, 4) is 11.5 Å². The van der Waals surface area contributed by atoms with Crippen molar-refractivity contribution in [1.29, 1.82) is 0 Å². The summed E-state index contributed by atoms with van der Waals surface area (Å²) in [5, 5.41) is 1.01. The average molecular weight is 405 g/mol. The molecule has 1 atom stereocenters. The molecule has 2 aliphatic rings. The molecule has 1 fully saturated rings. The molecule has 6 heteroatoms. The van der Waals surface area contributed by atoms with Crippen LogP contribution in [0.25, 0.3) is 10.9 Å². The summed E-state index contributed by atoms with van der Waals surface area (Å²) in [6.07, 6.45) is 1.85. The fourth-order valence-corrected chi connectivity index (χ4v) is 4.42. The number of hydrogen-bond donors (Lipinski definition) is 1. The molecule has 2 aromatic carbocycles. The Morgan fingerprint density at radius 1 is 1.03 bits per heavy atom. The summed E-state index contributed by atoms with van der Waals surface area (Å²) < 4.78 is 11.3. The second-order valence-electron chi connectivity index (χ2n) is 8.08. The van der Waals surface area contributed by atoms with E-state index >= 15 is 0 Å². The molecule has 3 heterocycles. The van der Waals surface area contributed by atoms with Crippen LogP contribution in [0.2, 0.25) is 0 Å². The van der Waals surface area contributed by atoms with Gasteiger partial charge < -0.3 is 14.5 Å². The molecule has 3 aromatic rings. The number of piperazine rings is 1. The summed E-state index contributed by atoms with van der Waals surface area (Å²) >= 11 is 0. The number of carbonyl (C=O) groups is 1. The van der Waals surface area contributed by atoms with E-state index < -0.39 is 0 Å². The summed E-state index contributed by atoms with van der Waals surface area (Å²) in [5.41, 5.74) is 3.03. The summed E-state index contributed by atoms with van der Waals surface area (Å²) in [6, 6.07) is 14.1. The number of aromatic nitrogens is 1. The largest absolute Gasteiger partial charge is 0.486 e. The maximum atomic E-state index is 13.1. The third kappa shape index (κ3) is 3.68. The number of nitrogens with one attached hydrogen (secondary N) is 1. The lowest BCUT2D eigenvalue weighted by atomic mass is 10.0. The van der Waals surface area contributed by atoms with Gasteiger partial charge in [0.2, 0.25) is 0 Å². The minimum atomic E-state index is -0.124. The maximum Gasteiger partial charge on any atom is 0.181 e. The number of hydrogen-bond acceptors (Lipinski definition) is 5. The Bertz CT molecular complexity index is 1050. The van der Waals surface area contributed by atoms with E-state index in [1.807, 2.05) is 43.5 Å². The predicted molar refractivity (Wildman–Crippen MR) is 116 cm³/mol. The number of H-pyrrole nitrogens is 1. The first-order valence-electron chi connectivity index (χ1n) is 10.6. The fourth-order valence-electron chi connectivity index (χ4n) is 4.42. The van der Waals surface area contributed by atoms with Crippen LogP contribution < -0.4 is 9.47 Å². The molecular weight excluding hydrogens is 378 g/mol. The molecule has 0 aliphatic carbocycles.